The van der Waals surface area contributed by atoms with Gasteiger partial charge in [-0.15, -0.1) is 0 Å². The maximum absolute atomic E-state index is 13.1. The van der Waals surface area contributed by atoms with Crippen molar-refractivity contribution in [3.8, 4) is 28.3 Å². The first kappa shape index (κ1) is 13.9. The van der Waals surface area contributed by atoms with Gasteiger partial charge in [0.15, 0.2) is 0 Å². The average Bonchev–Trinajstić information content (AvgIpc) is 2.56. The van der Waals surface area contributed by atoms with Gasteiger partial charge in [-0.25, -0.2) is 13.8 Å². The molecule has 0 radical (unpaired) electrons. The Labute approximate surface area is 126 Å². The van der Waals surface area contributed by atoms with Crippen LogP contribution < -0.4 is 0 Å². The summed E-state index contributed by atoms with van der Waals surface area (Å²) in [6, 6.07) is 15.7. The highest BCUT2D eigenvalue weighted by Gasteiger charge is 2.09. The van der Waals surface area contributed by atoms with Crippen LogP contribution >= 0.6 is 0 Å². The molecule has 0 aliphatic rings. The van der Waals surface area contributed by atoms with Crippen LogP contribution in [0.1, 0.15) is 5.69 Å². The molecular formula is C18H10F2N2. The molecule has 3 rings (SSSR count). The molecule has 0 amide bonds. The predicted molar refractivity (Wildman–Crippen MR) is 79.7 cm³/mol. The van der Waals surface area contributed by atoms with Crippen LogP contribution in [0.25, 0.3) is 22.3 Å². The zero-order valence-corrected chi connectivity index (χ0v) is 11.4. The van der Waals surface area contributed by atoms with Crippen LogP contribution in [-0.4, -0.2) is 4.98 Å². The van der Waals surface area contributed by atoms with Gasteiger partial charge in [0.25, 0.3) is 0 Å². The van der Waals surface area contributed by atoms with Gasteiger partial charge in [0.1, 0.15) is 23.4 Å². The molecule has 3 aromatic rings. The molecule has 0 spiro atoms. The number of rotatable bonds is 2. The zero-order chi connectivity index (χ0) is 15.5. The number of pyridine rings is 1. The van der Waals surface area contributed by atoms with Crippen molar-refractivity contribution in [3.05, 3.63) is 78.1 Å². The van der Waals surface area contributed by atoms with Crippen molar-refractivity contribution in [3.63, 3.8) is 0 Å². The molecule has 0 unspecified atom stereocenters. The molecule has 0 N–H and O–H groups in total. The molecular weight excluding hydrogens is 282 g/mol. The van der Waals surface area contributed by atoms with Gasteiger partial charge in [-0.2, -0.15) is 5.26 Å². The van der Waals surface area contributed by atoms with Gasteiger partial charge in [0.05, 0.1) is 0 Å². The van der Waals surface area contributed by atoms with Gasteiger partial charge in [-0.05, 0) is 41.5 Å². The third-order valence-electron chi connectivity index (χ3n) is 3.33. The Hall–Kier alpha value is -3.06. The first-order chi connectivity index (χ1) is 10.7. The van der Waals surface area contributed by atoms with Gasteiger partial charge in [-0.3, -0.25) is 0 Å². The highest BCUT2D eigenvalue weighted by Crippen LogP contribution is 2.28. The van der Waals surface area contributed by atoms with Crippen LogP contribution in [0.5, 0.6) is 0 Å². The Balaban J connectivity index is 2.12. The maximum atomic E-state index is 13.1. The van der Waals surface area contributed by atoms with Gasteiger partial charge in [0.2, 0.25) is 0 Å². The highest BCUT2D eigenvalue weighted by atomic mass is 19.1. The molecule has 22 heavy (non-hydrogen) atoms. The Morgan fingerprint density at radius 2 is 1.32 bits per heavy atom. The maximum Gasteiger partial charge on any atom is 0.148 e. The normalized spacial score (nSPS) is 10.2. The van der Waals surface area contributed by atoms with Crippen molar-refractivity contribution in [2.45, 2.75) is 0 Å². The van der Waals surface area contributed by atoms with Crippen LogP contribution in [0.3, 0.4) is 0 Å². The van der Waals surface area contributed by atoms with Crippen LogP contribution in [0.2, 0.25) is 0 Å². The molecule has 106 valence electrons. The fourth-order valence-corrected chi connectivity index (χ4v) is 2.20. The minimum atomic E-state index is -0.343. The smallest absolute Gasteiger partial charge is 0.148 e. The molecule has 2 nitrogen and oxygen atoms in total. The second-order valence-corrected chi connectivity index (χ2v) is 4.75. The van der Waals surface area contributed by atoms with Crippen molar-refractivity contribution < 1.29 is 8.78 Å². The number of halogens is 2. The third-order valence-corrected chi connectivity index (χ3v) is 3.33. The number of nitriles is 1. The largest absolute Gasteiger partial charge is 0.244 e. The number of hydrogen-bond acceptors (Lipinski definition) is 2. The van der Waals surface area contributed by atoms with Gasteiger partial charge >= 0.3 is 0 Å². The second kappa shape index (κ2) is 5.74. The van der Waals surface area contributed by atoms with E-state index < -0.39 is 0 Å². The minimum Gasteiger partial charge on any atom is -0.244 e. The fourth-order valence-electron chi connectivity index (χ4n) is 2.20. The molecule has 0 aliphatic carbocycles. The van der Waals surface area contributed by atoms with E-state index in [-0.39, 0.29) is 17.3 Å². The molecule has 0 atom stereocenters. The first-order valence-electron chi connectivity index (χ1n) is 6.59. The Bertz CT molecular complexity index is 848. The third kappa shape index (κ3) is 2.70. The SMILES string of the molecule is N#Cc1ncc(-c2ccc(F)cc2)cc1-c1ccc(F)cc1. The Kier molecular flexibility index (Phi) is 3.63. The zero-order valence-electron chi connectivity index (χ0n) is 11.4. The van der Waals surface area contributed by atoms with Crippen molar-refractivity contribution in [1.82, 2.24) is 4.98 Å². The van der Waals surface area contributed by atoms with E-state index in [1.54, 1.807) is 36.5 Å². The molecule has 0 saturated carbocycles. The lowest BCUT2D eigenvalue weighted by atomic mass is 9.99. The Morgan fingerprint density at radius 1 is 0.773 bits per heavy atom. The molecule has 0 aliphatic heterocycles. The summed E-state index contributed by atoms with van der Waals surface area (Å²) in [6.07, 6.45) is 1.57. The van der Waals surface area contributed by atoms with Crippen molar-refractivity contribution in [1.29, 1.82) is 5.26 Å². The quantitative estimate of drug-likeness (QED) is 0.694. The number of nitrogens with zero attached hydrogens (tertiary/aromatic N) is 2. The van der Waals surface area contributed by atoms with E-state index in [2.05, 4.69) is 4.98 Å². The number of aromatic nitrogens is 1. The van der Waals surface area contributed by atoms with E-state index in [0.717, 1.165) is 11.1 Å². The molecule has 4 heteroatoms. The summed E-state index contributed by atoms with van der Waals surface area (Å²) in [4.78, 5) is 4.15. The van der Waals surface area contributed by atoms with Crippen molar-refractivity contribution in [2.24, 2.45) is 0 Å². The molecule has 0 saturated heterocycles. The number of hydrogen-bond donors (Lipinski definition) is 0. The summed E-state index contributed by atoms with van der Waals surface area (Å²) in [5.41, 5.74) is 3.14. The Morgan fingerprint density at radius 3 is 1.86 bits per heavy atom. The van der Waals surface area contributed by atoms with Crippen LogP contribution in [0.4, 0.5) is 8.78 Å². The predicted octanol–water partition coefficient (Wildman–Crippen LogP) is 4.57. The van der Waals surface area contributed by atoms with E-state index in [1.807, 2.05) is 6.07 Å². The summed E-state index contributed by atoms with van der Waals surface area (Å²) in [5.74, 6) is -0.658. The van der Waals surface area contributed by atoms with E-state index >= 15 is 0 Å². The minimum absolute atomic E-state index is 0.262. The summed E-state index contributed by atoms with van der Waals surface area (Å²) in [6.45, 7) is 0. The van der Waals surface area contributed by atoms with Crippen LogP contribution in [0, 0.1) is 23.0 Å². The van der Waals surface area contributed by atoms with Gasteiger partial charge in [0, 0.05) is 17.3 Å². The molecule has 0 bridgehead atoms. The number of benzene rings is 2. The monoisotopic (exact) mass is 292 g/mol. The first-order valence-corrected chi connectivity index (χ1v) is 6.59. The van der Waals surface area contributed by atoms with Gasteiger partial charge in [-0.1, -0.05) is 24.3 Å². The lowest BCUT2D eigenvalue weighted by molar-refractivity contribution is 0.627. The van der Waals surface area contributed by atoms with E-state index in [4.69, 9.17) is 0 Å². The van der Waals surface area contributed by atoms with E-state index in [9.17, 15) is 14.0 Å². The van der Waals surface area contributed by atoms with Crippen LogP contribution in [0.15, 0.2) is 60.8 Å². The average molecular weight is 292 g/mol. The molecule has 2 aromatic carbocycles. The fraction of sp³-hybridized carbons (Fsp3) is 0. The second-order valence-electron chi connectivity index (χ2n) is 4.75. The summed E-state index contributed by atoms with van der Waals surface area (Å²) in [5, 5.41) is 9.20. The summed E-state index contributed by atoms with van der Waals surface area (Å²) < 4.78 is 26.1. The van der Waals surface area contributed by atoms with Crippen molar-refractivity contribution in [2.75, 3.05) is 0 Å². The molecule has 1 aromatic heterocycles. The molecule has 1 heterocycles. The van der Waals surface area contributed by atoms with Crippen molar-refractivity contribution >= 4 is 0 Å². The van der Waals surface area contributed by atoms with E-state index in [0.29, 0.717) is 11.1 Å². The van der Waals surface area contributed by atoms with Gasteiger partial charge < -0.3 is 0 Å². The lowest BCUT2D eigenvalue weighted by Gasteiger charge is -2.07. The lowest BCUT2D eigenvalue weighted by Crippen LogP contribution is -1.91. The standard InChI is InChI=1S/C18H10F2N2/c19-15-5-1-12(2-6-15)14-9-17(18(10-21)22-11-14)13-3-7-16(20)8-4-13/h1-9,11H. The summed E-state index contributed by atoms with van der Waals surface area (Å²) in [7, 11) is 0. The molecule has 0 fully saturated rings. The van der Waals surface area contributed by atoms with E-state index in [1.165, 1.54) is 24.3 Å². The highest BCUT2D eigenvalue weighted by molar-refractivity contribution is 5.75. The van der Waals surface area contributed by atoms with Crippen LogP contribution in [-0.2, 0) is 0 Å². The summed E-state index contributed by atoms with van der Waals surface area (Å²) >= 11 is 0. The topological polar surface area (TPSA) is 36.7 Å².